The van der Waals surface area contributed by atoms with Gasteiger partial charge in [-0.15, -0.1) is 0 Å². The lowest BCUT2D eigenvalue weighted by atomic mass is 10.1. The van der Waals surface area contributed by atoms with E-state index >= 15 is 0 Å². The summed E-state index contributed by atoms with van der Waals surface area (Å²) in [6.07, 6.45) is 0.157. The van der Waals surface area contributed by atoms with Crippen molar-refractivity contribution in [1.29, 1.82) is 0 Å². The fraction of sp³-hybridized carbons (Fsp3) is 0.538. The van der Waals surface area contributed by atoms with Crippen LogP contribution in [-0.2, 0) is 4.74 Å². The predicted octanol–water partition coefficient (Wildman–Crippen LogP) is 1.58. The van der Waals surface area contributed by atoms with Crippen molar-refractivity contribution in [3.63, 3.8) is 0 Å². The Bertz CT molecular complexity index is 336. The van der Waals surface area contributed by atoms with Crippen molar-refractivity contribution in [2.24, 2.45) is 0 Å². The van der Waals surface area contributed by atoms with Crippen LogP contribution in [0.4, 0.5) is 4.39 Å². The second-order valence-electron chi connectivity index (χ2n) is 4.31. The summed E-state index contributed by atoms with van der Waals surface area (Å²) in [5.74, 6) is -0.269. The van der Waals surface area contributed by atoms with Crippen molar-refractivity contribution >= 4 is 0 Å². The molecule has 1 saturated heterocycles. The number of morpholine rings is 1. The summed E-state index contributed by atoms with van der Waals surface area (Å²) in [5, 5.41) is 9.96. The van der Waals surface area contributed by atoms with Crippen molar-refractivity contribution in [2.45, 2.75) is 12.5 Å². The fourth-order valence-electron chi connectivity index (χ4n) is 1.98. The Balaban J connectivity index is 1.80. The van der Waals surface area contributed by atoms with Gasteiger partial charge in [0.15, 0.2) is 0 Å². The van der Waals surface area contributed by atoms with E-state index in [0.29, 0.717) is 6.42 Å². The minimum atomic E-state index is -0.515. The SMILES string of the molecule is O[C@H](CCN1CCOCC1)c1ccc(F)cc1. The zero-order valence-electron chi connectivity index (χ0n) is 9.81. The molecule has 0 saturated carbocycles. The van der Waals surface area contributed by atoms with Crippen LogP contribution in [0.1, 0.15) is 18.1 Å². The molecule has 1 aliphatic rings. The van der Waals surface area contributed by atoms with Gasteiger partial charge in [0.25, 0.3) is 0 Å². The van der Waals surface area contributed by atoms with Gasteiger partial charge in [-0.05, 0) is 24.1 Å². The molecule has 0 unspecified atom stereocenters. The summed E-state index contributed by atoms with van der Waals surface area (Å²) in [5.41, 5.74) is 0.777. The van der Waals surface area contributed by atoms with Crippen LogP contribution in [0.2, 0.25) is 0 Å². The molecule has 0 spiro atoms. The molecule has 0 amide bonds. The summed E-state index contributed by atoms with van der Waals surface area (Å²) in [7, 11) is 0. The van der Waals surface area contributed by atoms with E-state index in [2.05, 4.69) is 4.90 Å². The fourth-order valence-corrected chi connectivity index (χ4v) is 1.98. The Hall–Kier alpha value is -0.970. The van der Waals surface area contributed by atoms with Crippen molar-refractivity contribution in [3.8, 4) is 0 Å². The highest BCUT2D eigenvalue weighted by Gasteiger charge is 2.13. The third kappa shape index (κ3) is 3.77. The van der Waals surface area contributed by atoms with E-state index in [1.54, 1.807) is 12.1 Å². The number of ether oxygens (including phenoxy) is 1. The number of aliphatic hydroxyl groups is 1. The van der Waals surface area contributed by atoms with Crippen LogP contribution in [0.3, 0.4) is 0 Å². The van der Waals surface area contributed by atoms with Crippen LogP contribution in [-0.4, -0.2) is 42.9 Å². The number of aliphatic hydroxyl groups excluding tert-OH is 1. The first-order chi connectivity index (χ1) is 8.25. The quantitative estimate of drug-likeness (QED) is 0.866. The van der Waals surface area contributed by atoms with Crippen molar-refractivity contribution in [3.05, 3.63) is 35.6 Å². The lowest BCUT2D eigenvalue weighted by Crippen LogP contribution is -2.37. The summed E-state index contributed by atoms with van der Waals surface area (Å²) in [6.45, 7) is 4.24. The third-order valence-electron chi connectivity index (χ3n) is 3.08. The van der Waals surface area contributed by atoms with E-state index in [1.807, 2.05) is 0 Å². The van der Waals surface area contributed by atoms with Crippen LogP contribution in [0.5, 0.6) is 0 Å². The predicted molar refractivity (Wildman–Crippen MR) is 63.2 cm³/mol. The van der Waals surface area contributed by atoms with Crippen LogP contribution in [0.25, 0.3) is 0 Å². The highest BCUT2D eigenvalue weighted by Crippen LogP contribution is 2.17. The van der Waals surface area contributed by atoms with Gasteiger partial charge in [0.1, 0.15) is 5.82 Å². The van der Waals surface area contributed by atoms with E-state index in [1.165, 1.54) is 12.1 Å². The molecule has 1 aromatic carbocycles. The van der Waals surface area contributed by atoms with Crippen molar-refractivity contribution in [1.82, 2.24) is 4.90 Å². The minimum Gasteiger partial charge on any atom is -0.388 e. The maximum atomic E-state index is 12.7. The zero-order valence-corrected chi connectivity index (χ0v) is 9.81. The molecular formula is C13H18FNO2. The van der Waals surface area contributed by atoms with Gasteiger partial charge in [-0.25, -0.2) is 4.39 Å². The lowest BCUT2D eigenvalue weighted by molar-refractivity contribution is 0.0300. The molecule has 17 heavy (non-hydrogen) atoms. The topological polar surface area (TPSA) is 32.7 Å². The maximum absolute atomic E-state index is 12.7. The molecule has 1 atom stereocenters. The molecular weight excluding hydrogens is 221 g/mol. The van der Waals surface area contributed by atoms with Gasteiger partial charge >= 0.3 is 0 Å². The average Bonchev–Trinajstić information content (AvgIpc) is 2.38. The summed E-state index contributed by atoms with van der Waals surface area (Å²) in [4.78, 5) is 2.27. The molecule has 1 aromatic rings. The molecule has 4 heteroatoms. The largest absolute Gasteiger partial charge is 0.388 e. The van der Waals surface area contributed by atoms with Gasteiger partial charge in [-0.2, -0.15) is 0 Å². The molecule has 1 aliphatic heterocycles. The molecule has 0 aliphatic carbocycles. The second kappa shape index (κ2) is 6.10. The standard InChI is InChI=1S/C13H18FNO2/c14-12-3-1-11(2-4-12)13(16)5-6-15-7-9-17-10-8-15/h1-4,13,16H,5-10H2/t13-/m1/s1. The van der Waals surface area contributed by atoms with Crippen molar-refractivity contribution < 1.29 is 14.2 Å². The Morgan fingerprint density at radius 1 is 1.24 bits per heavy atom. The highest BCUT2D eigenvalue weighted by atomic mass is 19.1. The summed E-state index contributed by atoms with van der Waals surface area (Å²) in [6, 6.07) is 6.04. The Kier molecular flexibility index (Phi) is 4.48. The highest BCUT2D eigenvalue weighted by molar-refractivity contribution is 5.18. The van der Waals surface area contributed by atoms with Crippen LogP contribution in [0, 0.1) is 5.82 Å². The second-order valence-corrected chi connectivity index (χ2v) is 4.31. The van der Waals surface area contributed by atoms with E-state index in [-0.39, 0.29) is 5.82 Å². The van der Waals surface area contributed by atoms with E-state index < -0.39 is 6.10 Å². The molecule has 3 nitrogen and oxygen atoms in total. The molecule has 1 fully saturated rings. The molecule has 0 aromatic heterocycles. The number of halogens is 1. The van der Waals surface area contributed by atoms with Gasteiger partial charge in [-0.3, -0.25) is 4.90 Å². The summed E-state index contributed by atoms with van der Waals surface area (Å²) >= 11 is 0. The lowest BCUT2D eigenvalue weighted by Gasteiger charge is -2.27. The van der Waals surface area contributed by atoms with Gasteiger partial charge in [-0.1, -0.05) is 12.1 Å². The van der Waals surface area contributed by atoms with Gasteiger partial charge in [0, 0.05) is 19.6 Å². The maximum Gasteiger partial charge on any atom is 0.123 e. The normalized spacial score (nSPS) is 19.2. The monoisotopic (exact) mass is 239 g/mol. The Labute approximate surface area is 101 Å². The van der Waals surface area contributed by atoms with E-state index in [9.17, 15) is 9.50 Å². The first-order valence-corrected chi connectivity index (χ1v) is 5.99. The third-order valence-corrected chi connectivity index (χ3v) is 3.08. The average molecular weight is 239 g/mol. The molecule has 1 N–H and O–H groups in total. The molecule has 94 valence electrons. The summed E-state index contributed by atoms with van der Waals surface area (Å²) < 4.78 is 18.0. The minimum absolute atomic E-state index is 0.269. The number of nitrogens with zero attached hydrogens (tertiary/aromatic N) is 1. The van der Waals surface area contributed by atoms with Gasteiger partial charge in [0.05, 0.1) is 19.3 Å². The van der Waals surface area contributed by atoms with Crippen molar-refractivity contribution in [2.75, 3.05) is 32.8 Å². The molecule has 2 rings (SSSR count). The number of hydrogen-bond donors (Lipinski definition) is 1. The molecule has 0 bridgehead atoms. The number of rotatable bonds is 4. The van der Waals surface area contributed by atoms with Crippen LogP contribution >= 0.6 is 0 Å². The Morgan fingerprint density at radius 2 is 1.88 bits per heavy atom. The smallest absolute Gasteiger partial charge is 0.123 e. The van der Waals surface area contributed by atoms with Crippen LogP contribution < -0.4 is 0 Å². The molecule has 0 radical (unpaired) electrons. The first-order valence-electron chi connectivity index (χ1n) is 5.99. The number of benzene rings is 1. The van der Waals surface area contributed by atoms with Gasteiger partial charge < -0.3 is 9.84 Å². The van der Waals surface area contributed by atoms with E-state index in [4.69, 9.17) is 4.74 Å². The molecule has 1 heterocycles. The zero-order chi connectivity index (χ0) is 12.1. The Morgan fingerprint density at radius 3 is 2.53 bits per heavy atom. The number of hydrogen-bond acceptors (Lipinski definition) is 3. The first kappa shape index (κ1) is 12.5. The van der Waals surface area contributed by atoms with Gasteiger partial charge in [0.2, 0.25) is 0 Å². The van der Waals surface area contributed by atoms with E-state index in [0.717, 1.165) is 38.4 Å². The van der Waals surface area contributed by atoms with Crippen LogP contribution in [0.15, 0.2) is 24.3 Å².